The second-order valence-electron chi connectivity index (χ2n) is 7.64. The lowest BCUT2D eigenvalue weighted by Gasteiger charge is -2.07. The first-order chi connectivity index (χ1) is 14.2. The average Bonchev–Trinajstić information content (AvgIpc) is 3.19. The summed E-state index contributed by atoms with van der Waals surface area (Å²) in [5, 5.41) is 4.03. The van der Waals surface area contributed by atoms with Crippen LogP contribution in [0, 0.1) is 0 Å². The van der Waals surface area contributed by atoms with E-state index in [1.807, 2.05) is 36.5 Å². The first kappa shape index (κ1) is 17.8. The maximum Gasteiger partial charge on any atom is 0.228 e. The fraction of sp³-hybridized carbons (Fsp3) is 0.304. The number of benzene rings is 2. The quantitative estimate of drug-likeness (QED) is 0.543. The Bertz CT molecular complexity index is 1200. The summed E-state index contributed by atoms with van der Waals surface area (Å²) in [6.07, 6.45) is 6.87. The Morgan fingerprint density at radius 2 is 2.14 bits per heavy atom. The van der Waals surface area contributed by atoms with E-state index in [0.717, 1.165) is 57.7 Å². The van der Waals surface area contributed by atoms with Crippen molar-refractivity contribution in [3.8, 4) is 5.75 Å². The van der Waals surface area contributed by atoms with Crippen LogP contribution in [0.4, 0.5) is 5.69 Å². The normalized spacial score (nSPS) is 14.0. The molecule has 2 aromatic heterocycles. The van der Waals surface area contributed by atoms with Crippen LogP contribution in [0.25, 0.3) is 21.9 Å². The Balaban J connectivity index is 1.36. The van der Waals surface area contributed by atoms with E-state index in [1.54, 1.807) is 7.11 Å². The van der Waals surface area contributed by atoms with Gasteiger partial charge >= 0.3 is 0 Å². The van der Waals surface area contributed by atoms with Crippen LogP contribution in [-0.4, -0.2) is 27.6 Å². The summed E-state index contributed by atoms with van der Waals surface area (Å²) in [4.78, 5) is 20.7. The molecule has 0 unspecified atom stereocenters. The van der Waals surface area contributed by atoms with Crippen molar-refractivity contribution >= 4 is 33.5 Å². The fourth-order valence-corrected chi connectivity index (χ4v) is 4.24. The highest BCUT2D eigenvalue weighted by Crippen LogP contribution is 2.26. The summed E-state index contributed by atoms with van der Waals surface area (Å²) in [5.41, 5.74) is 4.84. The summed E-state index contributed by atoms with van der Waals surface area (Å²) in [6, 6.07) is 11.9. The predicted octanol–water partition coefficient (Wildman–Crippen LogP) is 4.43. The van der Waals surface area contributed by atoms with Gasteiger partial charge in [-0.25, -0.2) is 4.98 Å². The molecule has 4 aromatic rings. The standard InChI is InChI=1S/C23H24N4O2/c1-29-17-7-8-19-18(13-17)15(14-24-19)11-23(28)25-16-6-9-21-20(12-16)26-22-5-3-2-4-10-27(21)22/h6-9,12-14,24H,2-5,10-11H2,1H3,(H,25,28). The van der Waals surface area contributed by atoms with E-state index >= 15 is 0 Å². The molecule has 6 nitrogen and oxygen atoms in total. The zero-order chi connectivity index (χ0) is 19.8. The highest BCUT2D eigenvalue weighted by atomic mass is 16.5. The maximum atomic E-state index is 12.7. The molecule has 5 rings (SSSR count). The van der Waals surface area contributed by atoms with Gasteiger partial charge < -0.3 is 19.6 Å². The largest absolute Gasteiger partial charge is 0.497 e. The number of nitrogens with zero attached hydrogens (tertiary/aromatic N) is 2. The van der Waals surface area contributed by atoms with Crippen molar-refractivity contribution in [2.45, 2.75) is 38.6 Å². The summed E-state index contributed by atoms with van der Waals surface area (Å²) in [7, 11) is 1.64. The van der Waals surface area contributed by atoms with Crippen molar-refractivity contribution in [2.24, 2.45) is 0 Å². The van der Waals surface area contributed by atoms with Gasteiger partial charge in [0.1, 0.15) is 11.6 Å². The average molecular weight is 388 g/mol. The van der Waals surface area contributed by atoms with Crippen LogP contribution in [0.5, 0.6) is 5.75 Å². The van der Waals surface area contributed by atoms with Crippen LogP contribution in [0.3, 0.4) is 0 Å². The van der Waals surface area contributed by atoms with Crippen LogP contribution >= 0.6 is 0 Å². The molecule has 1 amide bonds. The number of carbonyl (C=O) groups is 1. The third-order valence-corrected chi connectivity index (χ3v) is 5.72. The number of nitrogens with one attached hydrogen (secondary N) is 2. The number of methoxy groups -OCH3 is 1. The molecule has 29 heavy (non-hydrogen) atoms. The molecular formula is C23H24N4O2. The zero-order valence-corrected chi connectivity index (χ0v) is 16.5. The molecule has 0 radical (unpaired) electrons. The van der Waals surface area contributed by atoms with Gasteiger partial charge in [-0.05, 0) is 54.8 Å². The molecule has 0 fully saturated rings. The number of carbonyl (C=O) groups excluding carboxylic acids is 1. The van der Waals surface area contributed by atoms with E-state index in [1.165, 1.54) is 19.3 Å². The number of H-pyrrole nitrogens is 1. The monoisotopic (exact) mass is 388 g/mol. The van der Waals surface area contributed by atoms with Crippen LogP contribution in [0.15, 0.2) is 42.6 Å². The maximum absolute atomic E-state index is 12.7. The molecule has 0 aliphatic carbocycles. The Hall–Kier alpha value is -3.28. The second-order valence-corrected chi connectivity index (χ2v) is 7.64. The molecule has 0 spiro atoms. The van der Waals surface area contributed by atoms with E-state index in [9.17, 15) is 4.79 Å². The topological polar surface area (TPSA) is 71.9 Å². The van der Waals surface area contributed by atoms with Crippen molar-refractivity contribution < 1.29 is 9.53 Å². The summed E-state index contributed by atoms with van der Waals surface area (Å²) in [5.74, 6) is 1.89. The predicted molar refractivity (Wildman–Crippen MR) is 114 cm³/mol. The molecule has 0 bridgehead atoms. The summed E-state index contributed by atoms with van der Waals surface area (Å²) < 4.78 is 7.63. The van der Waals surface area contributed by atoms with Crippen molar-refractivity contribution in [1.82, 2.24) is 14.5 Å². The Morgan fingerprint density at radius 1 is 1.21 bits per heavy atom. The van der Waals surface area contributed by atoms with Gasteiger partial charge in [-0.15, -0.1) is 0 Å². The van der Waals surface area contributed by atoms with Gasteiger partial charge in [-0.3, -0.25) is 4.79 Å². The van der Waals surface area contributed by atoms with Gasteiger partial charge in [0.25, 0.3) is 0 Å². The number of hydrogen-bond donors (Lipinski definition) is 2. The number of amides is 1. The highest BCUT2D eigenvalue weighted by Gasteiger charge is 2.15. The number of anilines is 1. The zero-order valence-electron chi connectivity index (χ0n) is 16.5. The molecular weight excluding hydrogens is 364 g/mol. The van der Waals surface area contributed by atoms with E-state index < -0.39 is 0 Å². The SMILES string of the molecule is COc1ccc2[nH]cc(CC(=O)Nc3ccc4c(c3)nc3n4CCCCC3)c2c1. The van der Waals surface area contributed by atoms with Crippen molar-refractivity contribution in [3.05, 3.63) is 54.0 Å². The molecule has 1 aliphatic heterocycles. The van der Waals surface area contributed by atoms with Crippen LogP contribution in [0.1, 0.15) is 30.7 Å². The molecule has 2 aromatic carbocycles. The summed E-state index contributed by atoms with van der Waals surface area (Å²) >= 11 is 0. The van der Waals surface area contributed by atoms with Crippen molar-refractivity contribution in [3.63, 3.8) is 0 Å². The molecule has 0 saturated heterocycles. The molecule has 3 heterocycles. The van der Waals surface area contributed by atoms with E-state index in [4.69, 9.17) is 9.72 Å². The first-order valence-corrected chi connectivity index (χ1v) is 10.1. The number of imidazole rings is 1. The second kappa shape index (κ2) is 7.28. The molecule has 6 heteroatoms. The summed E-state index contributed by atoms with van der Waals surface area (Å²) in [6.45, 7) is 1.03. The van der Waals surface area contributed by atoms with E-state index in [2.05, 4.69) is 20.9 Å². The van der Waals surface area contributed by atoms with Gasteiger partial charge in [0.15, 0.2) is 0 Å². The third kappa shape index (κ3) is 3.35. The number of hydrogen-bond acceptors (Lipinski definition) is 3. The lowest BCUT2D eigenvalue weighted by Crippen LogP contribution is -2.14. The minimum absolute atomic E-state index is 0.0474. The van der Waals surface area contributed by atoms with E-state index in [0.29, 0.717) is 6.42 Å². The first-order valence-electron chi connectivity index (χ1n) is 10.1. The van der Waals surface area contributed by atoms with Gasteiger partial charge in [-0.2, -0.15) is 0 Å². The van der Waals surface area contributed by atoms with Crippen LogP contribution in [-0.2, 0) is 24.2 Å². The Kier molecular flexibility index (Phi) is 4.46. The van der Waals surface area contributed by atoms with E-state index in [-0.39, 0.29) is 5.91 Å². The van der Waals surface area contributed by atoms with Gasteiger partial charge in [0.05, 0.1) is 24.6 Å². The van der Waals surface area contributed by atoms with Crippen LogP contribution in [0.2, 0.25) is 0 Å². The Morgan fingerprint density at radius 3 is 3.03 bits per heavy atom. The van der Waals surface area contributed by atoms with Crippen molar-refractivity contribution in [1.29, 1.82) is 0 Å². The molecule has 0 saturated carbocycles. The van der Waals surface area contributed by atoms with Crippen molar-refractivity contribution in [2.75, 3.05) is 12.4 Å². The number of aryl methyl sites for hydroxylation is 2. The van der Waals surface area contributed by atoms with Gasteiger partial charge in [0.2, 0.25) is 5.91 Å². The molecule has 2 N–H and O–H groups in total. The van der Waals surface area contributed by atoms with Gasteiger partial charge in [0, 0.05) is 35.8 Å². The number of rotatable bonds is 4. The smallest absolute Gasteiger partial charge is 0.228 e. The molecule has 0 atom stereocenters. The lowest BCUT2D eigenvalue weighted by molar-refractivity contribution is -0.115. The fourth-order valence-electron chi connectivity index (χ4n) is 4.24. The minimum Gasteiger partial charge on any atom is -0.497 e. The minimum atomic E-state index is -0.0474. The lowest BCUT2D eigenvalue weighted by atomic mass is 10.1. The third-order valence-electron chi connectivity index (χ3n) is 5.72. The molecule has 1 aliphatic rings. The number of aromatic amines is 1. The number of aromatic nitrogens is 3. The highest BCUT2D eigenvalue weighted by molar-refractivity contribution is 5.97. The number of fused-ring (bicyclic) bond motifs is 4. The van der Waals surface area contributed by atoms with Gasteiger partial charge in [-0.1, -0.05) is 6.42 Å². The Labute approximate surface area is 168 Å². The molecule has 148 valence electrons. The van der Waals surface area contributed by atoms with Crippen LogP contribution < -0.4 is 10.1 Å². The number of ether oxygens (including phenoxy) is 1.